The van der Waals surface area contributed by atoms with E-state index >= 15 is 0 Å². The molecule has 0 fully saturated rings. The zero-order chi connectivity index (χ0) is 15.4. The normalized spacial score (nSPS) is 12.5. The van der Waals surface area contributed by atoms with Crippen LogP contribution in [0.25, 0.3) is 0 Å². The van der Waals surface area contributed by atoms with E-state index in [4.69, 9.17) is 4.43 Å². The molecule has 0 saturated heterocycles. The number of hydrogen-bond donors (Lipinski definition) is 0. The second kappa shape index (κ2) is 6.96. The first-order valence-electron chi connectivity index (χ1n) is 6.85. The van der Waals surface area contributed by atoms with Crippen LogP contribution in [0.2, 0.25) is 18.1 Å². The molecule has 0 N–H and O–H groups in total. The van der Waals surface area contributed by atoms with Gasteiger partial charge in [0.1, 0.15) is 5.69 Å². The molecule has 1 rings (SSSR count). The summed E-state index contributed by atoms with van der Waals surface area (Å²) < 4.78 is 6.15. The maximum absolute atomic E-state index is 11.6. The van der Waals surface area contributed by atoms with Gasteiger partial charge < -0.3 is 4.43 Å². The number of halogens is 1. The first kappa shape index (κ1) is 17.5. The molecule has 112 valence electrons. The van der Waals surface area contributed by atoms with Crippen LogP contribution in [0.15, 0.2) is 18.3 Å². The molecular formula is C15H24BrNO2Si. The summed E-state index contributed by atoms with van der Waals surface area (Å²) in [5.74, 6) is 0.0113. The highest BCUT2D eigenvalue weighted by Gasteiger charge is 2.36. The fourth-order valence-corrected chi connectivity index (χ4v) is 2.82. The summed E-state index contributed by atoms with van der Waals surface area (Å²) in [6.07, 6.45) is 2.51. The van der Waals surface area contributed by atoms with E-state index in [-0.39, 0.29) is 10.8 Å². The van der Waals surface area contributed by atoms with E-state index in [0.29, 0.717) is 17.6 Å². The second-order valence-corrected chi connectivity index (χ2v) is 11.8. The lowest BCUT2D eigenvalue weighted by atomic mass is 10.1. The zero-order valence-corrected chi connectivity index (χ0v) is 15.6. The van der Waals surface area contributed by atoms with Gasteiger partial charge in [-0.15, -0.1) is 0 Å². The highest BCUT2D eigenvalue weighted by molar-refractivity contribution is 9.09. The minimum atomic E-state index is -1.69. The Kier molecular flexibility index (Phi) is 6.10. The molecule has 0 aliphatic heterocycles. The minimum absolute atomic E-state index is 0.0113. The number of alkyl halides is 1. The third-order valence-corrected chi connectivity index (χ3v) is 8.94. The summed E-state index contributed by atoms with van der Waals surface area (Å²) in [4.78, 5) is 15.7. The standard InChI is InChI=1S/C15H24BrNO2Si/c1-15(2,3)20(4,5)19-9-7-12-6-8-17-13(10-12)14(18)11-16/h6,8,10H,7,9,11H2,1-5H3. The monoisotopic (exact) mass is 357 g/mol. The van der Waals surface area contributed by atoms with Gasteiger partial charge in [0.25, 0.3) is 0 Å². The fraction of sp³-hybridized carbons (Fsp3) is 0.600. The first-order valence-corrected chi connectivity index (χ1v) is 10.9. The second-order valence-electron chi connectivity index (χ2n) is 6.46. The average molecular weight is 358 g/mol. The van der Waals surface area contributed by atoms with Crippen LogP contribution in [0.5, 0.6) is 0 Å². The van der Waals surface area contributed by atoms with Crippen LogP contribution in [0.4, 0.5) is 0 Å². The van der Waals surface area contributed by atoms with E-state index in [2.05, 4.69) is 54.8 Å². The highest BCUT2D eigenvalue weighted by Crippen LogP contribution is 2.36. The summed E-state index contributed by atoms with van der Waals surface area (Å²) >= 11 is 3.17. The van der Waals surface area contributed by atoms with Crippen molar-refractivity contribution in [2.45, 2.75) is 45.3 Å². The summed E-state index contributed by atoms with van der Waals surface area (Å²) in [7, 11) is -1.69. The predicted octanol–water partition coefficient (Wildman–Crippen LogP) is 4.22. The minimum Gasteiger partial charge on any atom is -0.416 e. The lowest BCUT2D eigenvalue weighted by molar-refractivity contribution is 0.101. The average Bonchev–Trinajstić information content (AvgIpc) is 2.36. The van der Waals surface area contributed by atoms with Gasteiger partial charge in [0.05, 0.1) is 5.33 Å². The largest absolute Gasteiger partial charge is 0.416 e. The smallest absolute Gasteiger partial charge is 0.191 e. The van der Waals surface area contributed by atoms with Gasteiger partial charge in [0, 0.05) is 12.8 Å². The molecule has 20 heavy (non-hydrogen) atoms. The van der Waals surface area contributed by atoms with Gasteiger partial charge in [-0.1, -0.05) is 36.7 Å². The van der Waals surface area contributed by atoms with Crippen LogP contribution in [-0.2, 0) is 10.8 Å². The predicted molar refractivity (Wildman–Crippen MR) is 89.2 cm³/mol. The van der Waals surface area contributed by atoms with E-state index in [1.807, 2.05) is 12.1 Å². The first-order chi connectivity index (χ1) is 9.17. The van der Waals surface area contributed by atoms with Gasteiger partial charge in [-0.05, 0) is 42.2 Å². The Labute approximate surface area is 131 Å². The number of carbonyl (C=O) groups is 1. The van der Waals surface area contributed by atoms with Crippen molar-refractivity contribution in [1.82, 2.24) is 4.98 Å². The number of nitrogens with zero attached hydrogens (tertiary/aromatic N) is 1. The SMILES string of the molecule is CC(C)(C)[Si](C)(C)OCCc1ccnc(C(=O)CBr)c1. The number of pyridine rings is 1. The van der Waals surface area contributed by atoms with Crippen molar-refractivity contribution in [3.63, 3.8) is 0 Å². The van der Waals surface area contributed by atoms with Crippen molar-refractivity contribution in [1.29, 1.82) is 0 Å². The Morgan fingerprint density at radius 3 is 2.60 bits per heavy atom. The fourth-order valence-electron chi connectivity index (χ4n) is 1.49. The van der Waals surface area contributed by atoms with E-state index in [9.17, 15) is 4.79 Å². The number of Topliss-reactive ketones (excluding diaryl/α,β-unsaturated/α-hetero) is 1. The molecule has 1 heterocycles. The summed E-state index contributed by atoms with van der Waals surface area (Å²) in [5, 5.41) is 0.534. The number of ketones is 1. The number of rotatable bonds is 6. The molecule has 0 aromatic carbocycles. The Bertz CT molecular complexity index is 469. The van der Waals surface area contributed by atoms with Crippen molar-refractivity contribution in [2.75, 3.05) is 11.9 Å². The van der Waals surface area contributed by atoms with Crippen LogP contribution in [0, 0.1) is 0 Å². The van der Waals surface area contributed by atoms with Crippen molar-refractivity contribution in [2.24, 2.45) is 0 Å². The molecule has 0 amide bonds. The summed E-state index contributed by atoms with van der Waals surface area (Å²) in [6.45, 7) is 11.9. The molecule has 3 nitrogen and oxygen atoms in total. The number of aromatic nitrogens is 1. The third kappa shape index (κ3) is 4.79. The van der Waals surface area contributed by atoms with Crippen LogP contribution < -0.4 is 0 Å². The lowest BCUT2D eigenvalue weighted by Gasteiger charge is -2.36. The van der Waals surface area contributed by atoms with Gasteiger partial charge in [0.15, 0.2) is 14.1 Å². The van der Waals surface area contributed by atoms with Gasteiger partial charge in [-0.3, -0.25) is 9.78 Å². The molecule has 0 spiro atoms. The van der Waals surface area contributed by atoms with Gasteiger partial charge >= 0.3 is 0 Å². The van der Waals surface area contributed by atoms with Crippen molar-refractivity contribution >= 4 is 30.0 Å². The molecule has 0 atom stereocenters. The van der Waals surface area contributed by atoms with E-state index in [1.165, 1.54) is 0 Å². The van der Waals surface area contributed by atoms with E-state index in [0.717, 1.165) is 12.0 Å². The molecule has 0 unspecified atom stereocenters. The molecular weight excluding hydrogens is 334 g/mol. The molecule has 0 saturated carbocycles. The summed E-state index contributed by atoms with van der Waals surface area (Å²) in [6, 6.07) is 3.80. The number of carbonyl (C=O) groups excluding carboxylic acids is 1. The Morgan fingerprint density at radius 1 is 1.40 bits per heavy atom. The van der Waals surface area contributed by atoms with Crippen molar-refractivity contribution in [3.05, 3.63) is 29.6 Å². The van der Waals surface area contributed by atoms with Crippen LogP contribution in [-0.4, -0.2) is 31.0 Å². The van der Waals surface area contributed by atoms with Gasteiger partial charge in [-0.2, -0.15) is 0 Å². The highest BCUT2D eigenvalue weighted by atomic mass is 79.9. The van der Waals surface area contributed by atoms with Gasteiger partial charge in [-0.25, -0.2) is 0 Å². The molecule has 0 aliphatic carbocycles. The number of hydrogen-bond acceptors (Lipinski definition) is 3. The molecule has 1 aromatic heterocycles. The summed E-state index contributed by atoms with van der Waals surface area (Å²) in [5.41, 5.74) is 1.62. The molecule has 0 radical (unpaired) electrons. The quantitative estimate of drug-likeness (QED) is 0.434. The molecule has 5 heteroatoms. The topological polar surface area (TPSA) is 39.2 Å². The zero-order valence-electron chi connectivity index (χ0n) is 13.0. The van der Waals surface area contributed by atoms with Crippen molar-refractivity contribution < 1.29 is 9.22 Å². The molecule has 0 bridgehead atoms. The van der Waals surface area contributed by atoms with Crippen LogP contribution in [0.1, 0.15) is 36.8 Å². The maximum Gasteiger partial charge on any atom is 0.191 e. The van der Waals surface area contributed by atoms with Crippen LogP contribution >= 0.6 is 15.9 Å². The molecule has 1 aromatic rings. The lowest BCUT2D eigenvalue weighted by Crippen LogP contribution is -2.41. The van der Waals surface area contributed by atoms with E-state index in [1.54, 1.807) is 6.20 Å². The van der Waals surface area contributed by atoms with Crippen LogP contribution in [0.3, 0.4) is 0 Å². The Morgan fingerprint density at radius 2 is 2.05 bits per heavy atom. The Hall–Kier alpha value is -0.523. The van der Waals surface area contributed by atoms with Gasteiger partial charge in [0.2, 0.25) is 0 Å². The Balaban J connectivity index is 2.61. The van der Waals surface area contributed by atoms with E-state index < -0.39 is 8.32 Å². The maximum atomic E-state index is 11.6. The van der Waals surface area contributed by atoms with Crippen molar-refractivity contribution in [3.8, 4) is 0 Å². The molecule has 0 aliphatic rings. The third-order valence-electron chi connectivity index (χ3n) is 3.89.